The Morgan fingerprint density at radius 1 is 1.54 bits per heavy atom. The second-order valence-corrected chi connectivity index (χ2v) is 3.20. The zero-order valence-corrected chi connectivity index (χ0v) is 7.73. The van der Waals surface area contributed by atoms with Crippen LogP contribution >= 0.6 is 0 Å². The molecule has 0 bridgehead atoms. The molecule has 1 unspecified atom stereocenters. The van der Waals surface area contributed by atoms with Gasteiger partial charge in [-0.3, -0.25) is 9.78 Å². The van der Waals surface area contributed by atoms with E-state index in [0.29, 0.717) is 13.0 Å². The highest BCUT2D eigenvalue weighted by atomic mass is 16.1. The first-order valence-electron chi connectivity index (χ1n) is 4.37. The van der Waals surface area contributed by atoms with Crippen molar-refractivity contribution in [3.05, 3.63) is 30.1 Å². The van der Waals surface area contributed by atoms with Gasteiger partial charge in [-0.15, -0.1) is 0 Å². The van der Waals surface area contributed by atoms with Crippen LogP contribution in [0, 0.1) is 5.92 Å². The highest BCUT2D eigenvalue weighted by Gasteiger charge is 2.09. The van der Waals surface area contributed by atoms with Crippen molar-refractivity contribution in [1.82, 2.24) is 4.98 Å². The summed E-state index contributed by atoms with van der Waals surface area (Å²) in [5.74, 6) is 0.390. The van der Waals surface area contributed by atoms with Crippen LogP contribution in [0.4, 0.5) is 0 Å². The zero-order valence-electron chi connectivity index (χ0n) is 7.73. The van der Waals surface area contributed by atoms with E-state index in [4.69, 9.17) is 5.73 Å². The molecule has 1 aromatic rings. The molecule has 3 heteroatoms. The second kappa shape index (κ2) is 4.72. The Labute approximate surface area is 78.0 Å². The van der Waals surface area contributed by atoms with Gasteiger partial charge in [-0.25, -0.2) is 0 Å². The molecule has 0 aliphatic carbocycles. The molecule has 0 fully saturated rings. The van der Waals surface area contributed by atoms with Crippen molar-refractivity contribution in [3.63, 3.8) is 0 Å². The Morgan fingerprint density at radius 3 is 2.69 bits per heavy atom. The molecular weight excluding hydrogens is 164 g/mol. The van der Waals surface area contributed by atoms with Crippen LogP contribution in [0.15, 0.2) is 24.5 Å². The number of Topliss-reactive ketones (excluding diaryl/α,β-unsaturated/α-hetero) is 1. The fourth-order valence-electron chi connectivity index (χ4n) is 1.06. The van der Waals surface area contributed by atoms with Crippen LogP contribution in [0.3, 0.4) is 0 Å². The van der Waals surface area contributed by atoms with E-state index in [1.165, 1.54) is 0 Å². The number of nitrogens with two attached hydrogens (primary N) is 1. The molecule has 1 heterocycles. The van der Waals surface area contributed by atoms with E-state index in [2.05, 4.69) is 4.98 Å². The van der Waals surface area contributed by atoms with Crippen molar-refractivity contribution in [2.45, 2.75) is 13.3 Å². The Hall–Kier alpha value is -1.22. The van der Waals surface area contributed by atoms with Gasteiger partial charge in [0.1, 0.15) is 0 Å². The van der Waals surface area contributed by atoms with Crippen LogP contribution in [-0.2, 0) is 0 Å². The first-order chi connectivity index (χ1) is 6.24. The largest absolute Gasteiger partial charge is 0.330 e. The topological polar surface area (TPSA) is 56.0 Å². The minimum Gasteiger partial charge on any atom is -0.330 e. The van der Waals surface area contributed by atoms with E-state index in [0.717, 1.165) is 5.56 Å². The minimum absolute atomic E-state index is 0.139. The smallest absolute Gasteiger partial charge is 0.163 e. The third kappa shape index (κ3) is 2.95. The first kappa shape index (κ1) is 9.86. The van der Waals surface area contributed by atoms with E-state index >= 15 is 0 Å². The average Bonchev–Trinajstić information content (AvgIpc) is 2.19. The number of aromatic nitrogens is 1. The number of hydrogen-bond donors (Lipinski definition) is 1. The van der Waals surface area contributed by atoms with Crippen LogP contribution < -0.4 is 5.73 Å². The molecule has 70 valence electrons. The van der Waals surface area contributed by atoms with Crippen LogP contribution in [0.1, 0.15) is 23.7 Å². The molecule has 0 spiro atoms. The van der Waals surface area contributed by atoms with Crippen molar-refractivity contribution in [3.8, 4) is 0 Å². The van der Waals surface area contributed by atoms with E-state index < -0.39 is 0 Å². The van der Waals surface area contributed by atoms with Gasteiger partial charge in [0.05, 0.1) is 0 Å². The number of carbonyl (C=O) groups excluding carboxylic acids is 1. The second-order valence-electron chi connectivity index (χ2n) is 3.20. The predicted molar refractivity (Wildman–Crippen MR) is 51.4 cm³/mol. The first-order valence-corrected chi connectivity index (χ1v) is 4.37. The summed E-state index contributed by atoms with van der Waals surface area (Å²) in [7, 11) is 0. The van der Waals surface area contributed by atoms with E-state index in [-0.39, 0.29) is 11.7 Å². The van der Waals surface area contributed by atoms with Crippen LogP contribution in [0.25, 0.3) is 0 Å². The fourth-order valence-corrected chi connectivity index (χ4v) is 1.06. The normalized spacial score (nSPS) is 12.5. The lowest BCUT2D eigenvalue weighted by Gasteiger charge is -2.06. The van der Waals surface area contributed by atoms with Crippen LogP contribution in [-0.4, -0.2) is 17.3 Å². The fraction of sp³-hybridized carbons (Fsp3) is 0.400. The Balaban J connectivity index is 2.59. The van der Waals surface area contributed by atoms with Gasteiger partial charge >= 0.3 is 0 Å². The van der Waals surface area contributed by atoms with Gasteiger partial charge in [0.2, 0.25) is 0 Å². The van der Waals surface area contributed by atoms with Gasteiger partial charge in [0, 0.05) is 24.4 Å². The monoisotopic (exact) mass is 178 g/mol. The van der Waals surface area contributed by atoms with Crippen LogP contribution in [0.2, 0.25) is 0 Å². The van der Waals surface area contributed by atoms with Crippen molar-refractivity contribution >= 4 is 5.78 Å². The van der Waals surface area contributed by atoms with E-state index in [9.17, 15) is 4.79 Å². The van der Waals surface area contributed by atoms with Crippen LogP contribution in [0.5, 0.6) is 0 Å². The number of pyridine rings is 1. The molecule has 13 heavy (non-hydrogen) atoms. The lowest BCUT2D eigenvalue weighted by Crippen LogP contribution is -2.15. The molecule has 1 rings (SSSR count). The maximum Gasteiger partial charge on any atom is 0.163 e. The SMILES string of the molecule is CC(CN)CC(=O)c1ccncc1. The summed E-state index contributed by atoms with van der Waals surface area (Å²) in [5, 5.41) is 0. The third-order valence-electron chi connectivity index (χ3n) is 1.94. The lowest BCUT2D eigenvalue weighted by molar-refractivity contribution is 0.0966. The molecule has 2 N–H and O–H groups in total. The highest BCUT2D eigenvalue weighted by Crippen LogP contribution is 2.07. The number of hydrogen-bond acceptors (Lipinski definition) is 3. The molecule has 0 aromatic carbocycles. The molecule has 0 aliphatic rings. The quantitative estimate of drug-likeness (QED) is 0.706. The van der Waals surface area contributed by atoms with Gasteiger partial charge in [-0.05, 0) is 24.6 Å². The maximum atomic E-state index is 11.5. The maximum absolute atomic E-state index is 11.5. The van der Waals surface area contributed by atoms with Crippen molar-refractivity contribution in [1.29, 1.82) is 0 Å². The Morgan fingerprint density at radius 2 is 2.15 bits per heavy atom. The number of nitrogens with zero attached hydrogens (tertiary/aromatic N) is 1. The van der Waals surface area contributed by atoms with Crippen molar-refractivity contribution in [2.75, 3.05) is 6.54 Å². The van der Waals surface area contributed by atoms with Gasteiger partial charge in [-0.1, -0.05) is 6.92 Å². The standard InChI is InChI=1S/C10H14N2O/c1-8(7-11)6-10(13)9-2-4-12-5-3-9/h2-5,8H,6-7,11H2,1H3. The Bertz CT molecular complexity index is 272. The predicted octanol–water partition coefficient (Wildman–Crippen LogP) is 1.25. The number of rotatable bonds is 4. The molecule has 0 amide bonds. The summed E-state index contributed by atoms with van der Waals surface area (Å²) in [6.07, 6.45) is 3.77. The molecule has 0 radical (unpaired) electrons. The molecule has 1 aromatic heterocycles. The van der Waals surface area contributed by atoms with Gasteiger partial charge in [-0.2, -0.15) is 0 Å². The van der Waals surface area contributed by atoms with Gasteiger partial charge < -0.3 is 5.73 Å². The highest BCUT2D eigenvalue weighted by molar-refractivity contribution is 5.95. The van der Waals surface area contributed by atoms with Crippen molar-refractivity contribution < 1.29 is 4.79 Å². The summed E-state index contributed by atoms with van der Waals surface area (Å²) in [4.78, 5) is 15.4. The summed E-state index contributed by atoms with van der Waals surface area (Å²) in [6.45, 7) is 2.52. The molecule has 0 saturated heterocycles. The Kier molecular flexibility index (Phi) is 3.58. The summed E-state index contributed by atoms with van der Waals surface area (Å²) < 4.78 is 0. The third-order valence-corrected chi connectivity index (χ3v) is 1.94. The summed E-state index contributed by atoms with van der Waals surface area (Å²) in [5.41, 5.74) is 6.15. The number of ketones is 1. The number of carbonyl (C=O) groups is 1. The molecule has 3 nitrogen and oxygen atoms in total. The lowest BCUT2D eigenvalue weighted by atomic mass is 10.0. The molecule has 0 aliphatic heterocycles. The zero-order chi connectivity index (χ0) is 9.68. The van der Waals surface area contributed by atoms with Gasteiger partial charge in [0.15, 0.2) is 5.78 Å². The van der Waals surface area contributed by atoms with E-state index in [1.807, 2.05) is 6.92 Å². The summed E-state index contributed by atoms with van der Waals surface area (Å²) >= 11 is 0. The van der Waals surface area contributed by atoms with Crippen molar-refractivity contribution in [2.24, 2.45) is 11.7 Å². The summed E-state index contributed by atoms with van der Waals surface area (Å²) in [6, 6.07) is 3.46. The average molecular weight is 178 g/mol. The minimum atomic E-state index is 0.139. The van der Waals surface area contributed by atoms with E-state index in [1.54, 1.807) is 24.5 Å². The molecule has 0 saturated carbocycles. The molecule has 1 atom stereocenters. The molecular formula is C10H14N2O. The van der Waals surface area contributed by atoms with Gasteiger partial charge in [0.25, 0.3) is 0 Å².